The third-order valence-electron chi connectivity index (χ3n) is 2.42. The van der Waals surface area contributed by atoms with E-state index >= 15 is 0 Å². The van der Waals surface area contributed by atoms with Crippen molar-refractivity contribution >= 4 is 51.5 Å². The van der Waals surface area contributed by atoms with Crippen LogP contribution in [-0.2, 0) is 4.79 Å². The number of amides is 1. The molecule has 0 spiro atoms. The Labute approximate surface area is 113 Å². The van der Waals surface area contributed by atoms with E-state index in [1.54, 1.807) is 18.2 Å². The van der Waals surface area contributed by atoms with E-state index in [9.17, 15) is 4.79 Å². The lowest BCUT2D eigenvalue weighted by atomic mass is 10.2. The topological polar surface area (TPSA) is 55.1 Å². The molecule has 1 aliphatic carbocycles. The van der Waals surface area contributed by atoms with Gasteiger partial charge in [0.2, 0.25) is 5.91 Å². The Kier molecular flexibility index (Phi) is 4.23. The number of rotatable bonds is 2. The zero-order chi connectivity index (χ0) is 11.1. The molecule has 88 valence electrons. The molecule has 0 aliphatic heterocycles. The van der Waals surface area contributed by atoms with Crippen molar-refractivity contribution in [2.75, 3.05) is 5.32 Å². The van der Waals surface area contributed by atoms with E-state index in [1.807, 2.05) is 0 Å². The van der Waals surface area contributed by atoms with E-state index in [0.717, 1.165) is 17.3 Å². The molecule has 0 atom stereocenters. The van der Waals surface area contributed by atoms with Crippen LogP contribution in [0.2, 0.25) is 5.02 Å². The molecule has 0 bridgehead atoms. The number of halogens is 3. The Bertz CT molecular complexity index is 421. The Morgan fingerprint density at radius 1 is 1.50 bits per heavy atom. The van der Waals surface area contributed by atoms with E-state index in [1.165, 1.54) is 0 Å². The van der Waals surface area contributed by atoms with Crippen LogP contribution in [0.25, 0.3) is 0 Å². The SMILES string of the molecule is Cl.NC1(C(=O)Nc2ccc(Cl)c(Br)c2)CC1. The summed E-state index contributed by atoms with van der Waals surface area (Å²) in [7, 11) is 0. The summed E-state index contributed by atoms with van der Waals surface area (Å²) in [6, 6.07) is 5.22. The molecule has 1 fully saturated rings. The Hall–Kier alpha value is -0.290. The molecule has 16 heavy (non-hydrogen) atoms. The van der Waals surface area contributed by atoms with Gasteiger partial charge in [0, 0.05) is 10.2 Å². The van der Waals surface area contributed by atoms with Gasteiger partial charge in [0.05, 0.1) is 10.6 Å². The predicted molar refractivity (Wildman–Crippen MR) is 71.2 cm³/mol. The van der Waals surface area contributed by atoms with Crippen molar-refractivity contribution in [3.63, 3.8) is 0 Å². The molecular formula is C10H11BrCl2N2O. The summed E-state index contributed by atoms with van der Waals surface area (Å²) in [5, 5.41) is 3.37. The van der Waals surface area contributed by atoms with Crippen molar-refractivity contribution in [2.24, 2.45) is 5.73 Å². The maximum Gasteiger partial charge on any atom is 0.244 e. The van der Waals surface area contributed by atoms with Gasteiger partial charge in [0.25, 0.3) is 0 Å². The average Bonchev–Trinajstić information content (AvgIpc) is 2.92. The molecule has 3 N–H and O–H groups in total. The van der Waals surface area contributed by atoms with Crippen LogP contribution in [0.1, 0.15) is 12.8 Å². The highest BCUT2D eigenvalue weighted by Gasteiger charge is 2.45. The minimum Gasteiger partial charge on any atom is -0.324 e. The summed E-state index contributed by atoms with van der Waals surface area (Å²) in [5.41, 5.74) is 5.81. The standard InChI is InChI=1S/C10H10BrClN2O.ClH/c11-7-5-6(1-2-8(7)12)14-9(15)10(13)3-4-10;/h1-2,5H,3-4,13H2,(H,14,15);1H. The molecule has 1 amide bonds. The molecule has 1 aliphatic rings. The average molecular weight is 326 g/mol. The zero-order valence-corrected chi connectivity index (χ0v) is 11.5. The lowest BCUT2D eigenvalue weighted by Crippen LogP contribution is -2.37. The van der Waals surface area contributed by atoms with Gasteiger partial charge >= 0.3 is 0 Å². The van der Waals surface area contributed by atoms with Gasteiger partial charge in [-0.1, -0.05) is 11.6 Å². The highest BCUT2D eigenvalue weighted by molar-refractivity contribution is 9.10. The maximum absolute atomic E-state index is 11.6. The fraction of sp³-hybridized carbons (Fsp3) is 0.300. The number of carbonyl (C=O) groups is 1. The number of hydrogen-bond acceptors (Lipinski definition) is 2. The summed E-state index contributed by atoms with van der Waals surface area (Å²) in [5.74, 6) is -0.128. The van der Waals surface area contributed by atoms with Crippen molar-refractivity contribution in [3.05, 3.63) is 27.7 Å². The largest absolute Gasteiger partial charge is 0.324 e. The van der Waals surface area contributed by atoms with E-state index in [0.29, 0.717) is 10.7 Å². The quantitative estimate of drug-likeness (QED) is 0.878. The van der Waals surface area contributed by atoms with Gasteiger partial charge in [0.15, 0.2) is 0 Å². The van der Waals surface area contributed by atoms with Crippen molar-refractivity contribution in [1.29, 1.82) is 0 Å². The molecular weight excluding hydrogens is 315 g/mol. The Morgan fingerprint density at radius 3 is 2.62 bits per heavy atom. The second-order valence-corrected chi connectivity index (χ2v) is 5.00. The summed E-state index contributed by atoms with van der Waals surface area (Å²) >= 11 is 9.12. The minimum absolute atomic E-state index is 0. The molecule has 1 saturated carbocycles. The van der Waals surface area contributed by atoms with Crippen LogP contribution in [0.5, 0.6) is 0 Å². The second kappa shape index (κ2) is 4.92. The fourth-order valence-corrected chi connectivity index (χ4v) is 1.69. The van der Waals surface area contributed by atoms with Gasteiger partial charge in [-0.3, -0.25) is 4.79 Å². The van der Waals surface area contributed by atoms with Crippen LogP contribution in [0.4, 0.5) is 5.69 Å². The molecule has 0 heterocycles. The number of hydrogen-bond donors (Lipinski definition) is 2. The highest BCUT2D eigenvalue weighted by atomic mass is 79.9. The van der Waals surface area contributed by atoms with Crippen LogP contribution in [0, 0.1) is 0 Å². The first-order valence-electron chi connectivity index (χ1n) is 4.57. The minimum atomic E-state index is -0.647. The monoisotopic (exact) mass is 324 g/mol. The third kappa shape index (κ3) is 2.88. The number of benzene rings is 1. The van der Waals surface area contributed by atoms with Gasteiger partial charge in [-0.05, 0) is 47.0 Å². The summed E-state index contributed by atoms with van der Waals surface area (Å²) in [6.45, 7) is 0. The molecule has 0 radical (unpaired) electrons. The second-order valence-electron chi connectivity index (χ2n) is 3.74. The van der Waals surface area contributed by atoms with Crippen LogP contribution < -0.4 is 11.1 Å². The first-order valence-corrected chi connectivity index (χ1v) is 5.74. The van der Waals surface area contributed by atoms with Gasteiger partial charge < -0.3 is 11.1 Å². The first kappa shape index (κ1) is 13.8. The van der Waals surface area contributed by atoms with Crippen molar-refractivity contribution < 1.29 is 4.79 Å². The first-order chi connectivity index (χ1) is 7.01. The lowest BCUT2D eigenvalue weighted by molar-refractivity contribution is -0.118. The van der Waals surface area contributed by atoms with Crippen molar-refractivity contribution in [2.45, 2.75) is 18.4 Å². The van der Waals surface area contributed by atoms with Crippen LogP contribution in [0.15, 0.2) is 22.7 Å². The van der Waals surface area contributed by atoms with E-state index in [-0.39, 0.29) is 18.3 Å². The smallest absolute Gasteiger partial charge is 0.244 e. The van der Waals surface area contributed by atoms with E-state index in [4.69, 9.17) is 17.3 Å². The van der Waals surface area contributed by atoms with E-state index in [2.05, 4.69) is 21.2 Å². The van der Waals surface area contributed by atoms with E-state index < -0.39 is 5.54 Å². The number of carbonyl (C=O) groups excluding carboxylic acids is 1. The maximum atomic E-state index is 11.6. The normalized spacial score (nSPS) is 16.2. The molecule has 0 saturated heterocycles. The number of nitrogens with one attached hydrogen (secondary N) is 1. The molecule has 6 heteroatoms. The summed E-state index contributed by atoms with van der Waals surface area (Å²) < 4.78 is 0.754. The Morgan fingerprint density at radius 2 is 2.12 bits per heavy atom. The summed E-state index contributed by atoms with van der Waals surface area (Å²) in [4.78, 5) is 11.6. The molecule has 2 rings (SSSR count). The van der Waals surface area contributed by atoms with Gasteiger partial charge in [-0.2, -0.15) is 0 Å². The zero-order valence-electron chi connectivity index (χ0n) is 8.30. The number of anilines is 1. The number of nitrogens with two attached hydrogens (primary N) is 1. The fourth-order valence-electron chi connectivity index (χ4n) is 1.19. The summed E-state index contributed by atoms with van der Waals surface area (Å²) in [6.07, 6.45) is 1.52. The van der Waals surface area contributed by atoms with Crippen LogP contribution in [-0.4, -0.2) is 11.4 Å². The molecule has 0 aromatic heterocycles. The lowest BCUT2D eigenvalue weighted by Gasteiger charge is -2.10. The molecule has 1 aromatic carbocycles. The third-order valence-corrected chi connectivity index (χ3v) is 3.63. The predicted octanol–water partition coefficient (Wildman–Crippen LogP) is 2.95. The molecule has 3 nitrogen and oxygen atoms in total. The van der Waals surface area contributed by atoms with Gasteiger partial charge in [-0.25, -0.2) is 0 Å². The van der Waals surface area contributed by atoms with Crippen LogP contribution >= 0.6 is 39.9 Å². The Balaban J connectivity index is 0.00000128. The van der Waals surface area contributed by atoms with Crippen molar-refractivity contribution in [1.82, 2.24) is 0 Å². The molecule has 0 unspecified atom stereocenters. The van der Waals surface area contributed by atoms with Crippen molar-refractivity contribution in [3.8, 4) is 0 Å². The van der Waals surface area contributed by atoms with Crippen LogP contribution in [0.3, 0.4) is 0 Å². The van der Waals surface area contributed by atoms with Gasteiger partial charge in [0.1, 0.15) is 0 Å². The van der Waals surface area contributed by atoms with Gasteiger partial charge in [-0.15, -0.1) is 12.4 Å². The highest BCUT2D eigenvalue weighted by Crippen LogP contribution is 2.34. The molecule has 1 aromatic rings.